The summed E-state index contributed by atoms with van der Waals surface area (Å²) >= 11 is 0. The first-order valence-corrected chi connectivity index (χ1v) is 7.57. The molecule has 1 atom stereocenters. The van der Waals surface area contributed by atoms with Gasteiger partial charge in [0.2, 0.25) is 0 Å². The van der Waals surface area contributed by atoms with Crippen LogP contribution in [0.25, 0.3) is 0 Å². The van der Waals surface area contributed by atoms with E-state index in [1.807, 2.05) is 0 Å². The SMILES string of the molecule is CCCCc1ccc(OC)c2c1CCCC2C.[C-]#[O+].[C-]#[O+].[C-]#[O+].[Cr]. The normalized spacial score (nSPS) is 13.6. The van der Waals surface area contributed by atoms with Gasteiger partial charge in [0.05, 0.1) is 7.11 Å². The molecule has 1 aliphatic rings. The van der Waals surface area contributed by atoms with Crippen molar-refractivity contribution in [3.8, 4) is 5.75 Å². The van der Waals surface area contributed by atoms with Crippen LogP contribution in [0.3, 0.4) is 0 Å². The number of aryl methyl sites for hydroxylation is 1. The standard InChI is InChI=1S/C16H24O.3CO.Cr/c1-4-5-8-13-10-11-15(17-3)16-12(2)7-6-9-14(13)16;3*1-2;/h10-12H,4-9H2,1-3H3;;;;. The van der Waals surface area contributed by atoms with Crippen LogP contribution in [-0.2, 0) is 44.2 Å². The second-order valence-corrected chi connectivity index (χ2v) is 5.22. The Morgan fingerprint density at radius 2 is 1.71 bits per heavy atom. The van der Waals surface area contributed by atoms with Crippen LogP contribution in [0.5, 0.6) is 5.75 Å². The van der Waals surface area contributed by atoms with Crippen molar-refractivity contribution < 1.29 is 36.1 Å². The summed E-state index contributed by atoms with van der Waals surface area (Å²) in [6.45, 7) is 18.1. The van der Waals surface area contributed by atoms with Gasteiger partial charge in [0.25, 0.3) is 0 Å². The second-order valence-electron chi connectivity index (χ2n) is 5.22. The van der Waals surface area contributed by atoms with Crippen molar-refractivity contribution in [3.05, 3.63) is 48.8 Å². The summed E-state index contributed by atoms with van der Waals surface area (Å²) in [6.07, 6.45) is 7.69. The molecule has 0 amide bonds. The Labute approximate surface area is 156 Å². The zero-order chi connectivity index (χ0) is 18.3. The number of hydrogen-bond donors (Lipinski definition) is 0. The van der Waals surface area contributed by atoms with E-state index in [0.29, 0.717) is 5.92 Å². The van der Waals surface area contributed by atoms with E-state index in [0.717, 1.165) is 5.75 Å². The molecule has 0 bridgehead atoms. The molecule has 130 valence electrons. The van der Waals surface area contributed by atoms with Crippen molar-refractivity contribution in [1.82, 2.24) is 0 Å². The summed E-state index contributed by atoms with van der Waals surface area (Å²) in [5.41, 5.74) is 4.65. The fourth-order valence-corrected chi connectivity index (χ4v) is 3.03. The molecule has 0 saturated heterocycles. The van der Waals surface area contributed by atoms with Crippen molar-refractivity contribution in [2.45, 2.75) is 58.3 Å². The first-order valence-electron chi connectivity index (χ1n) is 7.57. The number of methoxy groups -OCH3 is 1. The Morgan fingerprint density at radius 3 is 2.21 bits per heavy atom. The van der Waals surface area contributed by atoms with Gasteiger partial charge in [-0.3, -0.25) is 0 Å². The van der Waals surface area contributed by atoms with Gasteiger partial charge in [-0.15, -0.1) is 0 Å². The molecule has 5 heteroatoms. The molecule has 24 heavy (non-hydrogen) atoms. The monoisotopic (exact) mass is 368 g/mol. The quantitative estimate of drug-likeness (QED) is 0.575. The van der Waals surface area contributed by atoms with Gasteiger partial charge in [0.1, 0.15) is 5.75 Å². The molecule has 2 rings (SSSR count). The molecular formula is C19H24CrO4. The number of fused-ring (bicyclic) bond motifs is 1. The maximum atomic E-state index is 7.50. The van der Waals surface area contributed by atoms with E-state index in [9.17, 15) is 0 Å². The van der Waals surface area contributed by atoms with E-state index >= 15 is 0 Å². The van der Waals surface area contributed by atoms with E-state index < -0.39 is 0 Å². The molecule has 0 radical (unpaired) electrons. The molecule has 1 aliphatic carbocycles. The minimum absolute atomic E-state index is 0. The zero-order valence-electron chi connectivity index (χ0n) is 14.5. The van der Waals surface area contributed by atoms with Gasteiger partial charge in [-0.1, -0.05) is 26.3 Å². The molecule has 0 aromatic heterocycles. The Kier molecular flexibility index (Phi) is 20.8. The van der Waals surface area contributed by atoms with Crippen LogP contribution in [0.1, 0.15) is 62.1 Å². The largest absolute Gasteiger partial charge is 0 e. The smallest absolute Gasteiger partial charge is 0 e. The van der Waals surface area contributed by atoms with Gasteiger partial charge in [-0.2, -0.15) is 0 Å². The molecule has 0 spiro atoms. The molecule has 4 nitrogen and oxygen atoms in total. The minimum atomic E-state index is 0. The molecule has 1 aromatic rings. The summed E-state index contributed by atoms with van der Waals surface area (Å²) in [6, 6.07) is 4.46. The van der Waals surface area contributed by atoms with Crippen LogP contribution < -0.4 is 4.74 Å². The molecule has 1 unspecified atom stereocenters. The average Bonchev–Trinajstić information content (AvgIpc) is 2.65. The maximum Gasteiger partial charge on any atom is 0 e. The van der Waals surface area contributed by atoms with Gasteiger partial charge >= 0.3 is 33.9 Å². The minimum Gasteiger partial charge on any atom is 0 e. The third-order valence-electron chi connectivity index (χ3n) is 3.99. The molecule has 1 aromatic carbocycles. The number of hydrogen-bond acceptors (Lipinski definition) is 1. The molecule has 0 heterocycles. The number of unbranched alkanes of at least 4 members (excludes halogenated alkanes) is 1. The Balaban J connectivity index is -0.000000569. The Bertz CT molecular complexity index is 492. The van der Waals surface area contributed by atoms with Crippen molar-refractivity contribution in [3.63, 3.8) is 0 Å². The van der Waals surface area contributed by atoms with Crippen LogP contribution in [-0.4, -0.2) is 7.11 Å². The fraction of sp³-hybridized carbons (Fsp3) is 0.526. The average molecular weight is 368 g/mol. The van der Waals surface area contributed by atoms with Crippen LogP contribution >= 0.6 is 0 Å². The molecule has 0 aliphatic heterocycles. The predicted octanol–water partition coefficient (Wildman–Crippen LogP) is 4.36. The number of rotatable bonds is 4. The topological polar surface area (TPSA) is 68.9 Å². The third kappa shape index (κ3) is 8.04. The number of benzene rings is 1. The summed E-state index contributed by atoms with van der Waals surface area (Å²) in [4.78, 5) is 0. The summed E-state index contributed by atoms with van der Waals surface area (Å²) in [7, 11) is 1.79. The van der Waals surface area contributed by atoms with Gasteiger partial charge in [0.15, 0.2) is 0 Å². The fourth-order valence-electron chi connectivity index (χ4n) is 3.03. The van der Waals surface area contributed by atoms with Crippen molar-refractivity contribution in [1.29, 1.82) is 0 Å². The molecular weight excluding hydrogens is 344 g/mol. The first kappa shape index (κ1) is 27.6. The second kappa shape index (κ2) is 18.1. The van der Waals surface area contributed by atoms with Crippen LogP contribution in [0, 0.1) is 20.0 Å². The van der Waals surface area contributed by atoms with Gasteiger partial charge < -0.3 is 4.74 Å². The molecule has 0 N–H and O–H groups in total. The van der Waals surface area contributed by atoms with Crippen molar-refractivity contribution in [2.75, 3.05) is 7.11 Å². The Hall–Kier alpha value is -1.23. The maximum absolute atomic E-state index is 7.50. The zero-order valence-corrected chi connectivity index (χ0v) is 15.8. The van der Waals surface area contributed by atoms with E-state index in [1.165, 1.54) is 44.1 Å². The van der Waals surface area contributed by atoms with Gasteiger partial charge in [0, 0.05) is 22.9 Å². The van der Waals surface area contributed by atoms with Crippen molar-refractivity contribution in [2.24, 2.45) is 0 Å². The first-order chi connectivity index (χ1) is 11.3. The number of ether oxygens (including phenoxy) is 1. The van der Waals surface area contributed by atoms with Crippen LogP contribution in [0.4, 0.5) is 0 Å². The predicted molar refractivity (Wildman–Crippen MR) is 84.7 cm³/mol. The van der Waals surface area contributed by atoms with Crippen LogP contribution in [0.15, 0.2) is 12.1 Å². The van der Waals surface area contributed by atoms with Gasteiger partial charge in [-0.25, -0.2) is 0 Å². The van der Waals surface area contributed by atoms with E-state index in [4.69, 9.17) is 18.7 Å². The molecule has 0 saturated carbocycles. The van der Waals surface area contributed by atoms with Crippen LogP contribution in [0.2, 0.25) is 0 Å². The summed E-state index contributed by atoms with van der Waals surface area (Å²) < 4.78 is 28.0. The third-order valence-corrected chi connectivity index (χ3v) is 3.99. The van der Waals surface area contributed by atoms with E-state index in [2.05, 4.69) is 45.9 Å². The summed E-state index contributed by atoms with van der Waals surface area (Å²) in [5.74, 6) is 1.77. The van der Waals surface area contributed by atoms with E-state index in [-0.39, 0.29) is 17.4 Å². The van der Waals surface area contributed by atoms with E-state index in [1.54, 1.807) is 18.2 Å². The van der Waals surface area contributed by atoms with Crippen molar-refractivity contribution >= 4 is 0 Å². The Morgan fingerprint density at radius 1 is 1.12 bits per heavy atom. The molecule has 0 fully saturated rings. The summed E-state index contributed by atoms with van der Waals surface area (Å²) in [5, 5.41) is 0. The van der Waals surface area contributed by atoms with Gasteiger partial charge in [-0.05, 0) is 55.2 Å².